The zero-order chi connectivity index (χ0) is 19.7. The Bertz CT molecular complexity index is 1030. The van der Waals surface area contributed by atoms with Crippen molar-refractivity contribution in [3.05, 3.63) is 46.9 Å². The van der Waals surface area contributed by atoms with Crippen LogP contribution in [0.1, 0.15) is 12.8 Å². The highest BCUT2D eigenvalue weighted by molar-refractivity contribution is 9.10. The zero-order valence-electron chi connectivity index (χ0n) is 14.6. The number of nitrogens with one attached hydrogen (secondary N) is 1. The maximum Gasteiger partial charge on any atom is 0.262 e. The molecule has 146 valence electrons. The van der Waals surface area contributed by atoms with E-state index < -0.39 is 20.0 Å². The molecule has 0 bridgehead atoms. The molecular formula is C17H19BrN2O5S2. The molecule has 0 aliphatic carbocycles. The molecule has 1 aliphatic rings. The number of sulfonamides is 2. The van der Waals surface area contributed by atoms with Gasteiger partial charge in [-0.25, -0.2) is 16.8 Å². The third kappa shape index (κ3) is 4.29. The minimum Gasteiger partial charge on any atom is -0.495 e. The third-order valence-electron chi connectivity index (χ3n) is 4.24. The average Bonchev–Trinajstić information content (AvgIpc) is 3.17. The maximum absolute atomic E-state index is 12.8. The fourth-order valence-electron chi connectivity index (χ4n) is 2.82. The average molecular weight is 475 g/mol. The molecule has 2 aromatic carbocycles. The standard InChI is InChI=1S/C17H19BrN2O5S2/c1-25-17-9-8-15(27(23,24)20-10-2-3-11-20)12-16(17)19-26(21,22)14-6-4-13(18)5-7-14/h4-9,12,19H,2-3,10-11H2,1H3. The smallest absolute Gasteiger partial charge is 0.262 e. The number of methoxy groups -OCH3 is 1. The molecule has 1 heterocycles. The Kier molecular flexibility index (Phi) is 5.80. The number of nitrogens with zero attached hydrogens (tertiary/aromatic N) is 1. The fraction of sp³-hybridized carbons (Fsp3) is 0.294. The molecule has 7 nitrogen and oxygen atoms in total. The molecule has 0 spiro atoms. The molecular weight excluding hydrogens is 456 g/mol. The minimum atomic E-state index is -3.90. The van der Waals surface area contributed by atoms with Crippen LogP contribution in [-0.4, -0.2) is 41.3 Å². The van der Waals surface area contributed by atoms with Gasteiger partial charge in [-0.05, 0) is 55.3 Å². The Labute approximate surface area is 167 Å². The Morgan fingerprint density at radius 3 is 2.15 bits per heavy atom. The van der Waals surface area contributed by atoms with Crippen LogP contribution in [0.2, 0.25) is 0 Å². The van der Waals surface area contributed by atoms with Crippen molar-refractivity contribution < 1.29 is 21.6 Å². The first-order chi connectivity index (χ1) is 12.7. The molecule has 2 aromatic rings. The summed E-state index contributed by atoms with van der Waals surface area (Å²) in [5, 5.41) is 0. The van der Waals surface area contributed by atoms with Crippen molar-refractivity contribution in [3.8, 4) is 5.75 Å². The van der Waals surface area contributed by atoms with Crippen LogP contribution < -0.4 is 9.46 Å². The van der Waals surface area contributed by atoms with Gasteiger partial charge in [-0.3, -0.25) is 4.72 Å². The maximum atomic E-state index is 12.8. The summed E-state index contributed by atoms with van der Waals surface area (Å²) in [6.45, 7) is 0.933. The van der Waals surface area contributed by atoms with Gasteiger partial charge in [-0.15, -0.1) is 0 Å². The molecule has 1 fully saturated rings. The van der Waals surface area contributed by atoms with Crippen LogP contribution in [-0.2, 0) is 20.0 Å². The van der Waals surface area contributed by atoms with Crippen LogP contribution in [0.4, 0.5) is 5.69 Å². The van der Waals surface area contributed by atoms with Crippen molar-refractivity contribution in [1.29, 1.82) is 0 Å². The number of hydrogen-bond acceptors (Lipinski definition) is 5. The van der Waals surface area contributed by atoms with E-state index in [2.05, 4.69) is 20.7 Å². The lowest BCUT2D eigenvalue weighted by molar-refractivity contribution is 0.416. The molecule has 0 atom stereocenters. The van der Waals surface area contributed by atoms with Crippen molar-refractivity contribution in [3.63, 3.8) is 0 Å². The lowest BCUT2D eigenvalue weighted by atomic mass is 10.3. The Hall–Kier alpha value is -1.62. The van der Waals surface area contributed by atoms with E-state index in [1.165, 1.54) is 41.7 Å². The van der Waals surface area contributed by atoms with Gasteiger partial charge in [0.2, 0.25) is 10.0 Å². The number of rotatable bonds is 6. The van der Waals surface area contributed by atoms with Gasteiger partial charge in [-0.2, -0.15) is 4.31 Å². The molecule has 27 heavy (non-hydrogen) atoms. The van der Waals surface area contributed by atoms with Gasteiger partial charge < -0.3 is 4.74 Å². The lowest BCUT2D eigenvalue weighted by Gasteiger charge is -2.18. The summed E-state index contributed by atoms with van der Waals surface area (Å²) in [5.41, 5.74) is 0.0701. The Morgan fingerprint density at radius 2 is 1.56 bits per heavy atom. The first-order valence-corrected chi connectivity index (χ1v) is 11.9. The van der Waals surface area contributed by atoms with Crippen molar-refractivity contribution in [2.45, 2.75) is 22.6 Å². The van der Waals surface area contributed by atoms with Crippen LogP contribution in [0.25, 0.3) is 0 Å². The van der Waals surface area contributed by atoms with Crippen molar-refractivity contribution in [2.24, 2.45) is 0 Å². The second-order valence-corrected chi connectivity index (χ2v) is 10.6. The molecule has 1 aliphatic heterocycles. The molecule has 0 aromatic heterocycles. The summed E-state index contributed by atoms with van der Waals surface area (Å²) in [6.07, 6.45) is 1.64. The summed E-state index contributed by atoms with van der Waals surface area (Å²) in [7, 11) is -6.19. The van der Waals surface area contributed by atoms with Crippen LogP contribution in [0.15, 0.2) is 56.7 Å². The molecule has 3 rings (SSSR count). The molecule has 0 radical (unpaired) electrons. The molecule has 0 amide bonds. The van der Waals surface area contributed by atoms with Crippen LogP contribution in [0.3, 0.4) is 0 Å². The minimum absolute atomic E-state index is 0.0266. The molecule has 1 N–H and O–H groups in total. The number of anilines is 1. The van der Waals surface area contributed by atoms with Gasteiger partial charge in [0.15, 0.2) is 0 Å². The first kappa shape index (κ1) is 20.1. The Balaban J connectivity index is 1.98. The van der Waals surface area contributed by atoms with Gasteiger partial charge in [0.05, 0.1) is 22.6 Å². The quantitative estimate of drug-likeness (QED) is 0.694. The van der Waals surface area contributed by atoms with Crippen LogP contribution in [0, 0.1) is 0 Å². The molecule has 0 saturated carbocycles. The van der Waals surface area contributed by atoms with E-state index in [0.29, 0.717) is 13.1 Å². The van der Waals surface area contributed by atoms with E-state index in [9.17, 15) is 16.8 Å². The Morgan fingerprint density at radius 1 is 0.963 bits per heavy atom. The third-order valence-corrected chi connectivity index (χ3v) is 8.05. The number of hydrogen-bond donors (Lipinski definition) is 1. The number of benzene rings is 2. The van der Waals surface area contributed by atoms with E-state index in [-0.39, 0.29) is 21.2 Å². The van der Waals surface area contributed by atoms with Crippen molar-refractivity contribution >= 4 is 41.7 Å². The van der Waals surface area contributed by atoms with E-state index in [1.54, 1.807) is 12.1 Å². The lowest BCUT2D eigenvalue weighted by Crippen LogP contribution is -2.28. The van der Waals surface area contributed by atoms with Crippen molar-refractivity contribution in [1.82, 2.24) is 4.31 Å². The molecule has 10 heteroatoms. The molecule has 1 saturated heterocycles. The second-order valence-electron chi connectivity index (χ2n) is 6.03. The van der Waals surface area contributed by atoms with E-state index in [1.807, 2.05) is 0 Å². The summed E-state index contributed by atoms with van der Waals surface area (Å²) in [4.78, 5) is 0.0827. The van der Waals surface area contributed by atoms with Gasteiger partial charge in [0.25, 0.3) is 10.0 Å². The predicted molar refractivity (Wildman–Crippen MR) is 106 cm³/mol. The van der Waals surface area contributed by atoms with E-state index >= 15 is 0 Å². The number of ether oxygens (including phenoxy) is 1. The SMILES string of the molecule is COc1ccc(S(=O)(=O)N2CCCC2)cc1NS(=O)(=O)c1ccc(Br)cc1. The summed E-state index contributed by atoms with van der Waals surface area (Å²) >= 11 is 3.26. The second kappa shape index (κ2) is 7.78. The van der Waals surface area contributed by atoms with Crippen LogP contribution in [0.5, 0.6) is 5.75 Å². The van der Waals surface area contributed by atoms with E-state index in [0.717, 1.165) is 17.3 Å². The summed E-state index contributed by atoms with van der Waals surface area (Å²) in [6, 6.07) is 10.3. The van der Waals surface area contributed by atoms with Gasteiger partial charge in [0.1, 0.15) is 5.75 Å². The predicted octanol–water partition coefficient (Wildman–Crippen LogP) is 3.04. The fourth-order valence-corrected chi connectivity index (χ4v) is 5.69. The monoisotopic (exact) mass is 474 g/mol. The van der Waals surface area contributed by atoms with Gasteiger partial charge in [0, 0.05) is 17.6 Å². The first-order valence-electron chi connectivity index (χ1n) is 8.20. The normalized spacial score (nSPS) is 15.6. The molecule has 0 unspecified atom stereocenters. The van der Waals surface area contributed by atoms with Gasteiger partial charge in [-0.1, -0.05) is 15.9 Å². The number of halogens is 1. The summed E-state index contributed by atoms with van der Waals surface area (Å²) < 4.78 is 60.6. The highest BCUT2D eigenvalue weighted by Crippen LogP contribution is 2.31. The highest BCUT2D eigenvalue weighted by atomic mass is 79.9. The van der Waals surface area contributed by atoms with Crippen LogP contribution >= 0.6 is 15.9 Å². The topological polar surface area (TPSA) is 92.8 Å². The summed E-state index contributed by atoms with van der Waals surface area (Å²) in [5.74, 6) is 0.232. The largest absolute Gasteiger partial charge is 0.495 e. The zero-order valence-corrected chi connectivity index (χ0v) is 17.8. The van der Waals surface area contributed by atoms with Crippen molar-refractivity contribution in [2.75, 3.05) is 24.9 Å². The highest BCUT2D eigenvalue weighted by Gasteiger charge is 2.28. The van der Waals surface area contributed by atoms with Gasteiger partial charge >= 0.3 is 0 Å². The van der Waals surface area contributed by atoms with E-state index in [4.69, 9.17) is 4.74 Å².